The summed E-state index contributed by atoms with van der Waals surface area (Å²) >= 11 is 0. The fourth-order valence-corrected chi connectivity index (χ4v) is 11.7. The summed E-state index contributed by atoms with van der Waals surface area (Å²) in [6, 6.07) is 15.1. The van der Waals surface area contributed by atoms with Gasteiger partial charge >= 0.3 is 53.7 Å². The summed E-state index contributed by atoms with van der Waals surface area (Å²) in [5.41, 5.74) is -14.9. The third kappa shape index (κ3) is 10.9. The van der Waals surface area contributed by atoms with Gasteiger partial charge in [0.1, 0.15) is 42.0 Å². The van der Waals surface area contributed by atoms with Crippen molar-refractivity contribution in [2.24, 2.45) is 17.3 Å². The lowest BCUT2D eigenvalue weighted by atomic mass is 9.45. The Morgan fingerprint density at radius 1 is 0.714 bits per heavy atom. The average Bonchev–Trinajstić information content (AvgIpc) is 1.35. The van der Waals surface area contributed by atoms with Gasteiger partial charge in [-0.3, -0.25) is 29.1 Å². The molecule has 2 aromatic heterocycles. The topological polar surface area (TPSA) is 320 Å². The zero-order chi connectivity index (χ0) is 61.3. The van der Waals surface area contributed by atoms with Crippen molar-refractivity contribution in [1.29, 1.82) is 0 Å². The number of rotatable bonds is 15. The molecule has 4 aliphatic rings. The Bertz CT molecular complexity index is 3250. The predicted octanol–water partition coefficient (Wildman–Crippen LogP) is 4.57. The van der Waals surface area contributed by atoms with E-state index in [1.54, 1.807) is 6.07 Å². The van der Waals surface area contributed by atoms with E-state index < -0.39 is 143 Å². The van der Waals surface area contributed by atoms with Crippen molar-refractivity contribution in [2.45, 2.75) is 114 Å². The van der Waals surface area contributed by atoms with Crippen molar-refractivity contribution in [2.75, 3.05) is 34.5 Å². The van der Waals surface area contributed by atoms with E-state index in [1.807, 2.05) is 0 Å². The molecule has 0 amide bonds. The number of methoxy groups -OCH3 is 3. The van der Waals surface area contributed by atoms with Gasteiger partial charge in [-0.25, -0.2) is 24.0 Å². The minimum atomic E-state index is -3.14. The molecule has 2 aliphatic carbocycles. The molecule has 446 valence electrons. The Hall–Kier alpha value is -8.97. The highest BCUT2D eigenvalue weighted by Crippen LogP contribution is 2.70. The molecule has 2 aliphatic heterocycles. The quantitative estimate of drug-likeness (QED) is 0.126. The summed E-state index contributed by atoms with van der Waals surface area (Å²) in [6.07, 6.45) is -7.73. The first-order chi connectivity index (χ1) is 39.7. The fraction of sp³-hybridized carbons (Fsp3) is 0.441. The Morgan fingerprint density at radius 3 is 1.93 bits per heavy atom. The fourth-order valence-electron chi connectivity index (χ4n) is 11.7. The third-order valence-electron chi connectivity index (χ3n) is 15.2. The van der Waals surface area contributed by atoms with Crippen LogP contribution >= 0.6 is 0 Å². The average molecular weight is 1170 g/mol. The number of carbonyl (C=O) groups is 9. The standard InChI is InChI=1S/C59H62N2O23/c1-30-21-22-38-37(20-16-24-61-38)53(69)75-28-56(7)41-43(79-52(68)36-25-39(72-9)42(74-11)40(26-36)73-10)47(82-54(70)55(5,6)83-33(4)64)58(29-76-50(66)35-19-15-23-60-27-35)48(78-32(3)63)44(80-51(67)34-17-13-12-14-18-34)46(81-49(30)65)57(8,71)59(58,84-56)45(41)77-31(2)62/h12-27,30,41,43-48,71H,28-29H2,1-11H3. The number of carbonyl (C=O) groups excluding carboxylic acids is 9. The van der Waals surface area contributed by atoms with E-state index in [-0.39, 0.29) is 45.2 Å². The Morgan fingerprint density at radius 2 is 1.32 bits per heavy atom. The van der Waals surface area contributed by atoms with Gasteiger partial charge < -0.3 is 66.7 Å². The number of hydrogen-bond donors (Lipinski definition) is 1. The van der Waals surface area contributed by atoms with Crippen LogP contribution in [0.1, 0.15) is 103 Å². The maximum Gasteiger partial charge on any atom is 0.350 e. The van der Waals surface area contributed by atoms with E-state index in [4.69, 9.17) is 61.6 Å². The second kappa shape index (κ2) is 23.7. The maximum absolute atomic E-state index is 15.5. The molecule has 4 heterocycles. The third-order valence-corrected chi connectivity index (χ3v) is 15.2. The maximum atomic E-state index is 15.5. The Kier molecular flexibility index (Phi) is 17.3. The molecule has 2 saturated carbocycles. The van der Waals surface area contributed by atoms with Crippen LogP contribution in [0, 0.1) is 17.3 Å². The lowest BCUT2D eigenvalue weighted by molar-refractivity contribution is -0.385. The van der Waals surface area contributed by atoms with Crippen LogP contribution in [0.2, 0.25) is 0 Å². The second-order valence-electron chi connectivity index (χ2n) is 21.2. The molecule has 1 saturated heterocycles. The predicted molar refractivity (Wildman–Crippen MR) is 284 cm³/mol. The van der Waals surface area contributed by atoms with E-state index >= 15 is 9.59 Å². The lowest BCUT2D eigenvalue weighted by Gasteiger charge is -2.67. The highest BCUT2D eigenvalue weighted by atomic mass is 16.7. The number of esters is 9. The van der Waals surface area contributed by atoms with Crippen LogP contribution < -0.4 is 14.2 Å². The van der Waals surface area contributed by atoms with Crippen molar-refractivity contribution < 1.29 is 110 Å². The van der Waals surface area contributed by atoms with Gasteiger partial charge in [-0.15, -0.1) is 0 Å². The lowest BCUT2D eigenvalue weighted by Crippen LogP contribution is -2.89. The molecule has 84 heavy (non-hydrogen) atoms. The van der Waals surface area contributed by atoms with Crippen molar-refractivity contribution in [3.63, 3.8) is 0 Å². The number of benzene rings is 2. The molecule has 25 nitrogen and oxygen atoms in total. The monoisotopic (exact) mass is 1170 g/mol. The van der Waals surface area contributed by atoms with Crippen LogP contribution in [0.25, 0.3) is 6.08 Å². The molecule has 4 bridgehead atoms. The number of fused-ring (bicyclic) bond motifs is 5. The number of pyridine rings is 2. The second-order valence-corrected chi connectivity index (χ2v) is 21.2. The van der Waals surface area contributed by atoms with Crippen LogP contribution in [0.3, 0.4) is 0 Å². The molecule has 8 rings (SSSR count). The zero-order valence-corrected chi connectivity index (χ0v) is 47.6. The van der Waals surface area contributed by atoms with E-state index in [2.05, 4.69) is 9.97 Å². The zero-order valence-electron chi connectivity index (χ0n) is 47.6. The summed E-state index contributed by atoms with van der Waals surface area (Å²) in [7, 11) is 3.83. The number of hydrogen-bond acceptors (Lipinski definition) is 25. The Labute approximate surface area is 481 Å². The van der Waals surface area contributed by atoms with E-state index in [1.165, 1.54) is 120 Å². The van der Waals surface area contributed by atoms with Crippen LogP contribution in [0.4, 0.5) is 0 Å². The van der Waals surface area contributed by atoms with Crippen molar-refractivity contribution in [3.05, 3.63) is 119 Å². The SMILES string of the molecule is COc1cc(C(=O)OC2C3C(OC(C)=O)C45OC3(C)COC(=O)c3cccnc3C=CC(C)C(=O)OC(C(OC(=O)c3ccccc3)C(OC(C)=O)C4(COC(=O)c3cccnc3)C2OC(=O)C(C)(C)OC(C)=O)C5(C)O)cc(OC)c1OC. The van der Waals surface area contributed by atoms with Gasteiger partial charge in [0.2, 0.25) is 11.4 Å². The highest BCUT2D eigenvalue weighted by molar-refractivity contribution is 5.94. The number of ether oxygens (including phenoxy) is 13. The van der Waals surface area contributed by atoms with Crippen LogP contribution in [-0.2, 0) is 71.3 Å². The van der Waals surface area contributed by atoms with Crippen LogP contribution in [0.15, 0.2) is 91.4 Å². The number of nitrogens with zero attached hydrogens (tertiary/aromatic N) is 2. The molecule has 4 aromatic rings. The molecule has 12 atom stereocenters. The molecule has 3 fully saturated rings. The summed E-state index contributed by atoms with van der Waals surface area (Å²) < 4.78 is 80.5. The largest absolute Gasteiger partial charge is 0.493 e. The first kappa shape index (κ1) is 61.1. The summed E-state index contributed by atoms with van der Waals surface area (Å²) in [6.45, 7) is 6.47. The van der Waals surface area contributed by atoms with Gasteiger partial charge in [0, 0.05) is 39.4 Å². The van der Waals surface area contributed by atoms with Gasteiger partial charge in [-0.2, -0.15) is 0 Å². The molecule has 0 radical (unpaired) electrons. The first-order valence-electron chi connectivity index (χ1n) is 26.2. The van der Waals surface area contributed by atoms with Gasteiger partial charge in [-0.05, 0) is 89.2 Å². The smallest absolute Gasteiger partial charge is 0.350 e. The summed E-state index contributed by atoms with van der Waals surface area (Å²) in [5, 5.41) is 14.3. The molecule has 1 N–H and O–H groups in total. The van der Waals surface area contributed by atoms with Gasteiger partial charge in [-0.1, -0.05) is 24.3 Å². The van der Waals surface area contributed by atoms with E-state index in [9.17, 15) is 38.7 Å². The molecular weight excluding hydrogens is 1100 g/mol. The Balaban J connectivity index is 1.55. The number of aliphatic hydroxyl groups is 1. The van der Waals surface area contributed by atoms with Crippen LogP contribution in [0.5, 0.6) is 17.2 Å². The first-order valence-corrected chi connectivity index (χ1v) is 26.2. The molecular formula is C59H62N2O23. The van der Waals surface area contributed by atoms with Crippen molar-refractivity contribution >= 4 is 59.8 Å². The molecule has 2 aromatic carbocycles. The van der Waals surface area contributed by atoms with Gasteiger partial charge in [0.05, 0.1) is 61.1 Å². The van der Waals surface area contributed by atoms with Crippen LogP contribution in [-0.4, -0.2) is 162 Å². The molecule has 12 unspecified atom stereocenters. The van der Waals surface area contributed by atoms with E-state index in [0.29, 0.717) is 0 Å². The summed E-state index contributed by atoms with van der Waals surface area (Å²) in [5.74, 6) is -14.1. The summed E-state index contributed by atoms with van der Waals surface area (Å²) in [4.78, 5) is 139. The normalized spacial score (nSPS) is 28.7. The molecule has 25 heteroatoms. The van der Waals surface area contributed by atoms with Crippen molar-refractivity contribution in [1.82, 2.24) is 9.97 Å². The highest BCUT2D eigenvalue weighted by Gasteiger charge is 2.92. The molecule has 1 spiro atoms. The minimum Gasteiger partial charge on any atom is -0.493 e. The van der Waals surface area contributed by atoms with Crippen molar-refractivity contribution in [3.8, 4) is 17.2 Å². The number of aromatic nitrogens is 2. The van der Waals surface area contributed by atoms with Gasteiger partial charge in [0.15, 0.2) is 41.5 Å². The number of cyclic esters (lactones) is 1. The van der Waals surface area contributed by atoms with Gasteiger partial charge in [0.25, 0.3) is 0 Å². The minimum absolute atomic E-state index is 0.00561. The van der Waals surface area contributed by atoms with E-state index in [0.717, 1.165) is 47.7 Å².